The van der Waals surface area contributed by atoms with Crippen molar-refractivity contribution in [1.29, 1.82) is 0 Å². The lowest BCUT2D eigenvalue weighted by atomic mass is 9.86. The first kappa shape index (κ1) is 13.5. The van der Waals surface area contributed by atoms with Gasteiger partial charge in [0.1, 0.15) is 0 Å². The second-order valence-corrected chi connectivity index (χ2v) is 5.81. The number of carbonyl (C=O) groups excluding carboxylic acids is 1. The van der Waals surface area contributed by atoms with Gasteiger partial charge in [0.15, 0.2) is 0 Å². The van der Waals surface area contributed by atoms with Gasteiger partial charge < -0.3 is 10.4 Å². The normalized spacial score (nSPS) is 18.4. The molecule has 0 aromatic carbocycles. The highest BCUT2D eigenvalue weighted by molar-refractivity contribution is 5.76. The van der Waals surface area contributed by atoms with E-state index in [2.05, 4.69) is 5.32 Å². The van der Waals surface area contributed by atoms with Gasteiger partial charge in [0.25, 0.3) is 0 Å². The largest absolute Gasteiger partial charge is 0.396 e. The molecule has 0 aromatic heterocycles. The molecule has 0 unspecified atom stereocenters. The zero-order valence-electron chi connectivity index (χ0n) is 10.6. The topological polar surface area (TPSA) is 49.3 Å². The maximum Gasteiger partial charge on any atom is 0.220 e. The Bertz CT molecular complexity index is 220. The highest BCUT2D eigenvalue weighted by Crippen LogP contribution is 2.26. The first-order valence-electron chi connectivity index (χ1n) is 6.41. The van der Waals surface area contributed by atoms with E-state index in [1.807, 2.05) is 13.8 Å². The number of hydrogen-bond donors (Lipinski definition) is 2. The van der Waals surface area contributed by atoms with E-state index in [1.54, 1.807) is 0 Å². The summed E-state index contributed by atoms with van der Waals surface area (Å²) in [5.41, 5.74) is -0.206. The van der Waals surface area contributed by atoms with E-state index in [-0.39, 0.29) is 17.9 Å². The van der Waals surface area contributed by atoms with Crippen molar-refractivity contribution in [1.82, 2.24) is 5.32 Å². The van der Waals surface area contributed by atoms with Crippen molar-refractivity contribution in [2.45, 2.75) is 52.4 Å². The monoisotopic (exact) mass is 227 g/mol. The molecule has 0 spiro atoms. The number of aliphatic hydroxyl groups is 1. The maximum atomic E-state index is 11.7. The van der Waals surface area contributed by atoms with Crippen molar-refractivity contribution < 1.29 is 9.90 Å². The van der Waals surface area contributed by atoms with Crippen LogP contribution in [-0.2, 0) is 4.79 Å². The number of hydrogen-bond acceptors (Lipinski definition) is 2. The van der Waals surface area contributed by atoms with Crippen molar-refractivity contribution in [3.8, 4) is 0 Å². The summed E-state index contributed by atoms with van der Waals surface area (Å²) in [6.07, 6.45) is 6.96. The lowest BCUT2D eigenvalue weighted by molar-refractivity contribution is -0.122. The quantitative estimate of drug-likeness (QED) is 0.755. The van der Waals surface area contributed by atoms with Gasteiger partial charge in [-0.15, -0.1) is 0 Å². The molecule has 0 bridgehead atoms. The second kappa shape index (κ2) is 6.24. The van der Waals surface area contributed by atoms with Crippen LogP contribution in [0, 0.1) is 11.3 Å². The van der Waals surface area contributed by atoms with E-state index < -0.39 is 0 Å². The van der Waals surface area contributed by atoms with Gasteiger partial charge in [0.2, 0.25) is 5.91 Å². The molecule has 0 saturated heterocycles. The third-order valence-electron chi connectivity index (χ3n) is 3.39. The Kier molecular flexibility index (Phi) is 5.26. The van der Waals surface area contributed by atoms with Crippen LogP contribution in [0.3, 0.4) is 0 Å². The Labute approximate surface area is 98.6 Å². The summed E-state index contributed by atoms with van der Waals surface area (Å²) < 4.78 is 0. The standard InChI is InChI=1S/C13H25NO2/c1-13(2,10-15)9-14-12(16)8-11-6-4-3-5-7-11/h11,15H,3-10H2,1-2H3,(H,14,16). The zero-order valence-corrected chi connectivity index (χ0v) is 10.6. The summed E-state index contributed by atoms with van der Waals surface area (Å²) >= 11 is 0. The average Bonchev–Trinajstić information content (AvgIpc) is 2.28. The van der Waals surface area contributed by atoms with Crippen LogP contribution in [0.4, 0.5) is 0 Å². The van der Waals surface area contributed by atoms with Gasteiger partial charge in [-0.25, -0.2) is 0 Å². The summed E-state index contributed by atoms with van der Waals surface area (Å²) in [7, 11) is 0. The average molecular weight is 227 g/mol. The van der Waals surface area contributed by atoms with Crippen LogP contribution in [0.1, 0.15) is 52.4 Å². The first-order valence-corrected chi connectivity index (χ1v) is 6.41. The molecule has 1 amide bonds. The van der Waals surface area contributed by atoms with E-state index in [0.717, 1.165) is 0 Å². The maximum absolute atomic E-state index is 11.7. The van der Waals surface area contributed by atoms with Gasteiger partial charge >= 0.3 is 0 Å². The van der Waals surface area contributed by atoms with Crippen LogP contribution in [0.15, 0.2) is 0 Å². The number of nitrogens with one attached hydrogen (secondary N) is 1. The molecular formula is C13H25NO2. The zero-order chi connectivity index (χ0) is 12.0. The molecule has 1 rings (SSSR count). The Hall–Kier alpha value is -0.570. The molecule has 2 N–H and O–H groups in total. The second-order valence-electron chi connectivity index (χ2n) is 5.81. The number of amides is 1. The summed E-state index contributed by atoms with van der Waals surface area (Å²) in [6.45, 7) is 4.58. The summed E-state index contributed by atoms with van der Waals surface area (Å²) in [6, 6.07) is 0. The van der Waals surface area contributed by atoms with Crippen LogP contribution in [-0.4, -0.2) is 24.2 Å². The fourth-order valence-corrected chi connectivity index (χ4v) is 2.12. The van der Waals surface area contributed by atoms with Gasteiger partial charge in [-0.2, -0.15) is 0 Å². The van der Waals surface area contributed by atoms with Crippen LogP contribution in [0.2, 0.25) is 0 Å². The fourth-order valence-electron chi connectivity index (χ4n) is 2.12. The molecule has 0 aliphatic heterocycles. The molecule has 16 heavy (non-hydrogen) atoms. The van der Waals surface area contributed by atoms with Gasteiger partial charge in [-0.05, 0) is 18.8 Å². The minimum atomic E-state index is -0.206. The molecule has 0 atom stereocenters. The lowest BCUT2D eigenvalue weighted by Crippen LogP contribution is -2.36. The minimum absolute atomic E-state index is 0.108. The van der Waals surface area contributed by atoms with Crippen LogP contribution in [0.25, 0.3) is 0 Å². The smallest absolute Gasteiger partial charge is 0.220 e. The highest BCUT2D eigenvalue weighted by Gasteiger charge is 2.20. The summed E-state index contributed by atoms with van der Waals surface area (Å²) in [5, 5.41) is 12.0. The minimum Gasteiger partial charge on any atom is -0.396 e. The Morgan fingerprint density at radius 2 is 1.94 bits per heavy atom. The molecule has 3 nitrogen and oxygen atoms in total. The number of carbonyl (C=O) groups is 1. The first-order chi connectivity index (χ1) is 7.53. The molecule has 1 aliphatic rings. The van der Waals surface area contributed by atoms with Crippen LogP contribution < -0.4 is 5.32 Å². The van der Waals surface area contributed by atoms with E-state index in [4.69, 9.17) is 5.11 Å². The summed E-state index contributed by atoms with van der Waals surface area (Å²) in [5.74, 6) is 0.736. The fraction of sp³-hybridized carbons (Fsp3) is 0.923. The predicted octanol–water partition coefficient (Wildman–Crippen LogP) is 2.09. The number of aliphatic hydroxyl groups excluding tert-OH is 1. The van der Waals surface area contributed by atoms with Crippen molar-refractivity contribution in [3.05, 3.63) is 0 Å². The number of rotatable bonds is 5. The van der Waals surface area contributed by atoms with Gasteiger partial charge in [-0.1, -0.05) is 33.1 Å². The molecule has 0 heterocycles. The van der Waals surface area contributed by atoms with Gasteiger partial charge in [0, 0.05) is 25.0 Å². The lowest BCUT2D eigenvalue weighted by Gasteiger charge is -2.24. The van der Waals surface area contributed by atoms with Crippen molar-refractivity contribution in [2.24, 2.45) is 11.3 Å². The van der Waals surface area contributed by atoms with Crippen LogP contribution >= 0.6 is 0 Å². The third kappa shape index (κ3) is 4.97. The molecular weight excluding hydrogens is 202 g/mol. The SMILES string of the molecule is CC(C)(CO)CNC(=O)CC1CCCCC1. The van der Waals surface area contributed by atoms with Crippen molar-refractivity contribution in [3.63, 3.8) is 0 Å². The summed E-state index contributed by atoms with van der Waals surface area (Å²) in [4.78, 5) is 11.7. The molecule has 0 radical (unpaired) electrons. The van der Waals surface area contributed by atoms with Crippen molar-refractivity contribution in [2.75, 3.05) is 13.2 Å². The molecule has 3 heteroatoms. The van der Waals surface area contributed by atoms with Gasteiger partial charge in [-0.3, -0.25) is 4.79 Å². The van der Waals surface area contributed by atoms with E-state index in [9.17, 15) is 4.79 Å². The Morgan fingerprint density at radius 1 is 1.31 bits per heavy atom. The molecule has 0 aromatic rings. The van der Waals surface area contributed by atoms with E-state index in [0.29, 0.717) is 18.9 Å². The van der Waals surface area contributed by atoms with E-state index >= 15 is 0 Å². The Balaban J connectivity index is 2.19. The predicted molar refractivity (Wildman–Crippen MR) is 65.1 cm³/mol. The van der Waals surface area contributed by atoms with E-state index in [1.165, 1.54) is 32.1 Å². The molecule has 1 fully saturated rings. The van der Waals surface area contributed by atoms with Crippen molar-refractivity contribution >= 4 is 5.91 Å². The van der Waals surface area contributed by atoms with Crippen LogP contribution in [0.5, 0.6) is 0 Å². The van der Waals surface area contributed by atoms with Gasteiger partial charge in [0.05, 0.1) is 0 Å². The third-order valence-corrected chi connectivity index (χ3v) is 3.39. The molecule has 1 saturated carbocycles. The molecule has 94 valence electrons. The molecule has 1 aliphatic carbocycles. The highest BCUT2D eigenvalue weighted by atomic mass is 16.3. The Morgan fingerprint density at radius 3 is 2.50 bits per heavy atom.